The van der Waals surface area contributed by atoms with Crippen LogP contribution >= 0.6 is 10.0 Å². The third-order valence-corrected chi connectivity index (χ3v) is 7.89. The smallest absolute Gasteiger partial charge is 0.452 e. The maximum absolute atomic E-state index is 6.77. The molecule has 0 aliphatic rings. The number of rotatable bonds is 8. The quantitative estimate of drug-likeness (QED) is 0.433. The standard InChI is InChI=1S/C13H25N2.C3H7.Al.ClH/c1-7-12(14-10(3)4)9-13(8-2)15-11(5)6;1-3-2;;/h9-11H,7-8H2,1-6H3;3H,1-2H3;;1H/q-1;;+2;/p-1/b12-9-,15-13?;;;. The molecular formula is C16H32AlClN2. The van der Waals surface area contributed by atoms with E-state index in [1.807, 2.05) is 0 Å². The van der Waals surface area contributed by atoms with Gasteiger partial charge in [-0.25, -0.2) is 10.0 Å². The van der Waals surface area contributed by atoms with Gasteiger partial charge in [-0.2, -0.15) is 0 Å². The van der Waals surface area contributed by atoms with Crippen LogP contribution in [0.25, 0.3) is 0 Å². The summed E-state index contributed by atoms with van der Waals surface area (Å²) in [5.74, 6) is 0. The lowest BCUT2D eigenvalue weighted by atomic mass is 10.2. The summed E-state index contributed by atoms with van der Waals surface area (Å²) < 4.78 is 3.03. The van der Waals surface area contributed by atoms with Gasteiger partial charge in [0.05, 0.1) is 0 Å². The first-order chi connectivity index (χ1) is 9.24. The fourth-order valence-corrected chi connectivity index (χ4v) is 5.05. The Kier molecular flexibility index (Phi) is 9.89. The third kappa shape index (κ3) is 6.66. The highest BCUT2D eigenvalue weighted by Gasteiger charge is 2.32. The van der Waals surface area contributed by atoms with Crippen molar-refractivity contribution in [2.45, 2.75) is 85.1 Å². The Bertz CT molecular complexity index is 335. The summed E-state index contributed by atoms with van der Waals surface area (Å²) in [6.07, 6.45) is 4.26. The number of aliphatic imine (C=N–C) groups is 1. The minimum absolute atomic E-state index is 0.348. The monoisotopic (exact) mass is 314 g/mol. The molecule has 0 aliphatic heterocycles. The van der Waals surface area contributed by atoms with Gasteiger partial charge in [0.1, 0.15) is 0 Å². The minimum atomic E-state index is -1.45. The zero-order valence-corrected chi connectivity index (χ0v) is 16.5. The van der Waals surface area contributed by atoms with Crippen LogP contribution in [0.4, 0.5) is 0 Å². The molecule has 0 aromatic heterocycles. The van der Waals surface area contributed by atoms with Crippen LogP contribution in [0.2, 0.25) is 4.78 Å². The van der Waals surface area contributed by atoms with Gasteiger partial charge in [0.15, 0.2) is 0 Å². The normalized spacial score (nSPS) is 13.6. The molecule has 0 heterocycles. The van der Waals surface area contributed by atoms with Gasteiger partial charge in [-0.15, -0.1) is 0 Å². The lowest BCUT2D eigenvalue weighted by Gasteiger charge is -2.35. The molecule has 0 radical (unpaired) electrons. The number of hydrogen-bond acceptors (Lipinski definition) is 2. The molecule has 0 atom stereocenters. The van der Waals surface area contributed by atoms with E-state index in [0.717, 1.165) is 12.8 Å². The van der Waals surface area contributed by atoms with Gasteiger partial charge in [-0.3, -0.25) is 4.99 Å². The van der Waals surface area contributed by atoms with Gasteiger partial charge < -0.3 is 3.88 Å². The zero-order chi connectivity index (χ0) is 15.9. The molecule has 0 amide bonds. The summed E-state index contributed by atoms with van der Waals surface area (Å²) in [6, 6.07) is 0.802. The van der Waals surface area contributed by atoms with E-state index in [1.165, 1.54) is 11.4 Å². The van der Waals surface area contributed by atoms with Crippen molar-refractivity contribution in [3.63, 3.8) is 0 Å². The molecule has 20 heavy (non-hydrogen) atoms. The Morgan fingerprint density at radius 3 is 1.95 bits per heavy atom. The van der Waals surface area contributed by atoms with Crippen LogP contribution in [0.1, 0.15) is 68.2 Å². The van der Waals surface area contributed by atoms with Crippen LogP contribution in [-0.4, -0.2) is 35.1 Å². The molecule has 0 unspecified atom stereocenters. The lowest BCUT2D eigenvalue weighted by Crippen LogP contribution is -2.41. The first-order valence-electron chi connectivity index (χ1n) is 7.94. The zero-order valence-electron chi connectivity index (χ0n) is 14.6. The van der Waals surface area contributed by atoms with E-state index < -0.39 is 13.4 Å². The van der Waals surface area contributed by atoms with E-state index in [0.29, 0.717) is 16.9 Å². The average Bonchev–Trinajstić information content (AvgIpc) is 2.35. The van der Waals surface area contributed by atoms with E-state index in [2.05, 4.69) is 65.3 Å². The molecule has 0 N–H and O–H groups in total. The molecular weight excluding hydrogens is 283 g/mol. The molecule has 0 rings (SSSR count). The van der Waals surface area contributed by atoms with Gasteiger partial charge in [-0.05, 0) is 52.3 Å². The molecule has 116 valence electrons. The molecule has 0 spiro atoms. The predicted molar refractivity (Wildman–Crippen MR) is 94.9 cm³/mol. The predicted octanol–water partition coefficient (Wildman–Crippen LogP) is 5.39. The van der Waals surface area contributed by atoms with Crippen LogP contribution in [-0.2, 0) is 0 Å². The topological polar surface area (TPSA) is 15.6 Å². The number of halogens is 1. The van der Waals surface area contributed by atoms with Crippen molar-refractivity contribution < 1.29 is 0 Å². The maximum Gasteiger partial charge on any atom is 0.546 e. The Labute approximate surface area is 135 Å². The highest BCUT2D eigenvalue weighted by atomic mass is 35.6. The van der Waals surface area contributed by atoms with E-state index in [9.17, 15) is 0 Å². The van der Waals surface area contributed by atoms with Gasteiger partial charge in [0.25, 0.3) is 0 Å². The van der Waals surface area contributed by atoms with Crippen LogP contribution in [0, 0.1) is 0 Å². The van der Waals surface area contributed by atoms with Gasteiger partial charge in [0.2, 0.25) is 0 Å². The van der Waals surface area contributed by atoms with E-state index in [1.54, 1.807) is 0 Å². The Morgan fingerprint density at radius 2 is 1.65 bits per heavy atom. The second-order valence-corrected chi connectivity index (χ2v) is 10.2. The number of hydrogen-bond donors (Lipinski definition) is 0. The summed E-state index contributed by atoms with van der Waals surface area (Å²) in [7, 11) is 6.77. The summed E-state index contributed by atoms with van der Waals surface area (Å²) >= 11 is -1.45. The Hall–Kier alpha value is 0.0325. The van der Waals surface area contributed by atoms with E-state index in [4.69, 9.17) is 15.0 Å². The summed E-state index contributed by atoms with van der Waals surface area (Å²) in [5, 5.41) is 0. The molecule has 2 nitrogen and oxygen atoms in total. The third-order valence-electron chi connectivity index (χ3n) is 3.19. The summed E-state index contributed by atoms with van der Waals surface area (Å²) in [4.78, 5) is 4.72. The molecule has 0 fully saturated rings. The first-order valence-corrected chi connectivity index (χ1v) is 10.9. The van der Waals surface area contributed by atoms with Crippen molar-refractivity contribution in [3.05, 3.63) is 11.8 Å². The second-order valence-electron chi connectivity index (χ2n) is 6.17. The van der Waals surface area contributed by atoms with Gasteiger partial charge >= 0.3 is 13.4 Å². The van der Waals surface area contributed by atoms with Crippen molar-refractivity contribution in [2.24, 2.45) is 4.99 Å². The minimum Gasteiger partial charge on any atom is -0.452 e. The first kappa shape index (κ1) is 20.0. The fourth-order valence-electron chi connectivity index (χ4n) is 2.21. The summed E-state index contributed by atoms with van der Waals surface area (Å²) in [6.45, 7) is 17.6. The average molecular weight is 315 g/mol. The van der Waals surface area contributed by atoms with Gasteiger partial charge in [-0.1, -0.05) is 32.5 Å². The highest BCUT2D eigenvalue weighted by Crippen LogP contribution is 2.24. The van der Waals surface area contributed by atoms with Crippen molar-refractivity contribution in [1.82, 2.24) is 3.88 Å². The molecule has 0 aliphatic carbocycles. The largest absolute Gasteiger partial charge is 0.546 e. The number of allylic oxidation sites excluding steroid dienone is 2. The van der Waals surface area contributed by atoms with Crippen molar-refractivity contribution >= 4 is 29.2 Å². The maximum atomic E-state index is 6.77. The molecule has 0 aromatic carbocycles. The fraction of sp³-hybridized carbons (Fsp3) is 0.812. The molecule has 0 saturated heterocycles. The molecule has 4 heteroatoms. The van der Waals surface area contributed by atoms with Gasteiger partial charge in [0, 0.05) is 17.8 Å². The van der Waals surface area contributed by atoms with Crippen LogP contribution in [0.5, 0.6) is 0 Å². The SMILES string of the molecule is CCC(/C=C(/CC)[N](C(C)C)[Al]([Cl])[CH](C)C)=NC(C)C. The van der Waals surface area contributed by atoms with Crippen molar-refractivity contribution in [1.29, 1.82) is 0 Å². The number of nitrogens with zero attached hydrogens (tertiary/aromatic N) is 2. The highest BCUT2D eigenvalue weighted by molar-refractivity contribution is 7.06. The van der Waals surface area contributed by atoms with E-state index >= 15 is 0 Å². The second kappa shape index (κ2) is 9.88. The molecule has 0 saturated carbocycles. The van der Waals surface area contributed by atoms with Crippen LogP contribution in [0.15, 0.2) is 16.8 Å². The van der Waals surface area contributed by atoms with E-state index in [-0.39, 0.29) is 0 Å². The Balaban J connectivity index is 5.47. The summed E-state index contributed by atoms with van der Waals surface area (Å²) in [5.41, 5.74) is 2.53. The van der Waals surface area contributed by atoms with Crippen LogP contribution < -0.4 is 0 Å². The molecule has 0 aromatic rings. The van der Waals surface area contributed by atoms with Crippen LogP contribution in [0.3, 0.4) is 0 Å². The van der Waals surface area contributed by atoms with Crippen molar-refractivity contribution in [2.75, 3.05) is 0 Å². The lowest BCUT2D eigenvalue weighted by molar-refractivity contribution is 0.428. The Morgan fingerprint density at radius 1 is 1.10 bits per heavy atom. The molecule has 0 bridgehead atoms. The van der Waals surface area contributed by atoms with Crippen molar-refractivity contribution in [3.8, 4) is 0 Å².